The van der Waals surface area contributed by atoms with Crippen molar-refractivity contribution < 1.29 is 4.79 Å². The number of para-hydroxylation sites is 1. The van der Waals surface area contributed by atoms with Crippen LogP contribution in [0.4, 0.5) is 11.4 Å². The highest BCUT2D eigenvalue weighted by molar-refractivity contribution is 5.85. The van der Waals surface area contributed by atoms with Crippen LogP contribution in [0.15, 0.2) is 18.2 Å². The predicted molar refractivity (Wildman–Crippen MR) is 77.2 cm³/mol. The summed E-state index contributed by atoms with van der Waals surface area (Å²) < 4.78 is 0. The van der Waals surface area contributed by atoms with Gasteiger partial charge in [-0.2, -0.15) is 0 Å². The molecule has 1 amide bonds. The summed E-state index contributed by atoms with van der Waals surface area (Å²) in [5, 5.41) is 0. The minimum atomic E-state index is 0.237. The second-order valence-electron chi connectivity index (χ2n) is 5.44. The van der Waals surface area contributed by atoms with Gasteiger partial charge in [0.25, 0.3) is 0 Å². The van der Waals surface area contributed by atoms with E-state index in [4.69, 9.17) is 5.73 Å². The number of hydrogen-bond acceptors (Lipinski definition) is 3. The summed E-state index contributed by atoms with van der Waals surface area (Å²) in [6.45, 7) is 4.24. The predicted octanol–water partition coefficient (Wildman–Crippen LogP) is 1.64. The van der Waals surface area contributed by atoms with Gasteiger partial charge >= 0.3 is 0 Å². The maximum Gasteiger partial charge on any atom is 0.242 e. The van der Waals surface area contributed by atoms with Gasteiger partial charge in [-0.05, 0) is 37.8 Å². The van der Waals surface area contributed by atoms with Crippen molar-refractivity contribution in [2.45, 2.75) is 32.2 Å². The van der Waals surface area contributed by atoms with Gasteiger partial charge in [-0.15, -0.1) is 0 Å². The lowest BCUT2D eigenvalue weighted by Crippen LogP contribution is -2.41. The van der Waals surface area contributed by atoms with E-state index in [9.17, 15) is 4.79 Å². The van der Waals surface area contributed by atoms with E-state index in [-0.39, 0.29) is 5.91 Å². The van der Waals surface area contributed by atoms with E-state index in [0.29, 0.717) is 12.6 Å². The first-order valence-corrected chi connectivity index (χ1v) is 7.12. The molecule has 102 valence electrons. The molecule has 1 fully saturated rings. The van der Waals surface area contributed by atoms with E-state index in [1.807, 2.05) is 17.0 Å². The van der Waals surface area contributed by atoms with Crippen LogP contribution in [0.2, 0.25) is 0 Å². The van der Waals surface area contributed by atoms with E-state index in [1.165, 1.54) is 5.56 Å². The van der Waals surface area contributed by atoms with Crippen molar-refractivity contribution in [2.75, 3.05) is 30.3 Å². The molecule has 19 heavy (non-hydrogen) atoms. The number of benzene rings is 1. The number of nitrogens with zero attached hydrogens (tertiary/aromatic N) is 2. The van der Waals surface area contributed by atoms with Gasteiger partial charge in [0.05, 0.1) is 17.9 Å². The highest BCUT2D eigenvalue weighted by Crippen LogP contribution is 2.34. The maximum atomic E-state index is 12.4. The Kier molecular flexibility index (Phi) is 3.09. The highest BCUT2D eigenvalue weighted by atomic mass is 16.2. The third-order valence-electron chi connectivity index (χ3n) is 4.09. The summed E-state index contributed by atoms with van der Waals surface area (Å²) >= 11 is 0. The molecule has 3 rings (SSSR count). The van der Waals surface area contributed by atoms with Gasteiger partial charge in [-0.3, -0.25) is 4.79 Å². The second kappa shape index (κ2) is 4.76. The summed E-state index contributed by atoms with van der Waals surface area (Å²) in [5.41, 5.74) is 9.18. The first kappa shape index (κ1) is 12.3. The Hall–Kier alpha value is -1.71. The molecule has 2 N–H and O–H groups in total. The molecule has 2 aliphatic rings. The molecule has 4 nitrogen and oxygen atoms in total. The Morgan fingerprint density at radius 2 is 2.26 bits per heavy atom. The SMILES string of the molecule is CCN(C(=O)CN1CCc2cccc(N)c21)C1CC1. The van der Waals surface area contributed by atoms with Crippen LogP contribution in [0.5, 0.6) is 0 Å². The highest BCUT2D eigenvalue weighted by Gasteiger charge is 2.33. The summed E-state index contributed by atoms with van der Waals surface area (Å²) in [6.07, 6.45) is 3.32. The van der Waals surface area contributed by atoms with E-state index in [1.54, 1.807) is 0 Å². The fourth-order valence-electron chi connectivity index (χ4n) is 3.00. The molecule has 1 aromatic rings. The van der Waals surface area contributed by atoms with Crippen molar-refractivity contribution in [1.82, 2.24) is 4.90 Å². The van der Waals surface area contributed by atoms with Crippen molar-refractivity contribution in [3.8, 4) is 0 Å². The van der Waals surface area contributed by atoms with Crippen LogP contribution in [0.25, 0.3) is 0 Å². The van der Waals surface area contributed by atoms with Gasteiger partial charge in [0.1, 0.15) is 0 Å². The van der Waals surface area contributed by atoms with Gasteiger partial charge in [0.15, 0.2) is 0 Å². The Morgan fingerprint density at radius 3 is 2.95 bits per heavy atom. The number of amides is 1. The fourth-order valence-corrected chi connectivity index (χ4v) is 3.00. The van der Waals surface area contributed by atoms with E-state index in [0.717, 1.165) is 43.7 Å². The molecule has 4 heteroatoms. The molecule has 0 bridgehead atoms. The number of nitrogen functional groups attached to an aromatic ring is 1. The standard InChI is InChI=1S/C15H21N3O/c1-2-18(12-6-7-12)14(19)10-17-9-8-11-4-3-5-13(16)15(11)17/h3-5,12H,2,6-10,16H2,1H3. The fraction of sp³-hybridized carbons (Fsp3) is 0.533. The number of nitrogens with two attached hydrogens (primary N) is 1. The third-order valence-corrected chi connectivity index (χ3v) is 4.09. The number of likely N-dealkylation sites (N-methyl/N-ethyl adjacent to an activating group) is 1. The second-order valence-corrected chi connectivity index (χ2v) is 5.44. The molecule has 0 spiro atoms. The molecule has 0 radical (unpaired) electrons. The summed E-state index contributed by atoms with van der Waals surface area (Å²) in [6, 6.07) is 6.50. The quantitative estimate of drug-likeness (QED) is 0.836. The molecule has 1 aliphatic heterocycles. The lowest BCUT2D eigenvalue weighted by atomic mass is 10.1. The zero-order valence-electron chi connectivity index (χ0n) is 11.4. The first-order chi connectivity index (χ1) is 9.20. The van der Waals surface area contributed by atoms with Crippen LogP contribution < -0.4 is 10.6 Å². The third kappa shape index (κ3) is 2.27. The molecule has 0 atom stereocenters. The number of anilines is 2. The Balaban J connectivity index is 1.74. The van der Waals surface area contributed by atoms with Crippen molar-refractivity contribution in [3.05, 3.63) is 23.8 Å². The number of rotatable bonds is 4. The minimum absolute atomic E-state index is 0.237. The number of fused-ring (bicyclic) bond motifs is 1. The van der Waals surface area contributed by atoms with Gasteiger partial charge in [-0.25, -0.2) is 0 Å². The van der Waals surface area contributed by atoms with Gasteiger partial charge in [0.2, 0.25) is 5.91 Å². The van der Waals surface area contributed by atoms with Crippen LogP contribution in [-0.2, 0) is 11.2 Å². The van der Waals surface area contributed by atoms with E-state index < -0.39 is 0 Å². The van der Waals surface area contributed by atoms with Crippen LogP contribution in [0.3, 0.4) is 0 Å². The number of carbonyl (C=O) groups excluding carboxylic acids is 1. The van der Waals surface area contributed by atoms with Gasteiger partial charge < -0.3 is 15.5 Å². The molecule has 1 aliphatic carbocycles. The smallest absolute Gasteiger partial charge is 0.242 e. The Morgan fingerprint density at radius 1 is 1.47 bits per heavy atom. The molecule has 1 aromatic carbocycles. The molecule has 0 saturated heterocycles. The average Bonchev–Trinajstić information content (AvgIpc) is 3.13. The number of carbonyl (C=O) groups is 1. The van der Waals surface area contributed by atoms with E-state index in [2.05, 4.69) is 17.9 Å². The van der Waals surface area contributed by atoms with Gasteiger partial charge in [0, 0.05) is 19.1 Å². The molecule has 0 unspecified atom stereocenters. The average molecular weight is 259 g/mol. The summed E-state index contributed by atoms with van der Waals surface area (Å²) in [7, 11) is 0. The normalized spacial score (nSPS) is 17.4. The van der Waals surface area contributed by atoms with Gasteiger partial charge in [-0.1, -0.05) is 12.1 Å². The zero-order chi connectivity index (χ0) is 13.4. The largest absolute Gasteiger partial charge is 0.397 e. The molecule has 0 aromatic heterocycles. The molecular formula is C15H21N3O. The molecular weight excluding hydrogens is 238 g/mol. The van der Waals surface area contributed by atoms with E-state index >= 15 is 0 Å². The maximum absolute atomic E-state index is 12.4. The Labute approximate surface area is 114 Å². The summed E-state index contributed by atoms with van der Waals surface area (Å²) in [4.78, 5) is 16.5. The van der Waals surface area contributed by atoms with Crippen LogP contribution in [0.1, 0.15) is 25.3 Å². The van der Waals surface area contributed by atoms with Crippen molar-refractivity contribution in [2.24, 2.45) is 0 Å². The molecule has 1 saturated carbocycles. The zero-order valence-corrected chi connectivity index (χ0v) is 11.4. The molecule has 1 heterocycles. The van der Waals surface area contributed by atoms with Crippen molar-refractivity contribution in [3.63, 3.8) is 0 Å². The van der Waals surface area contributed by atoms with Crippen molar-refractivity contribution >= 4 is 17.3 Å². The lowest BCUT2D eigenvalue weighted by Gasteiger charge is -2.26. The monoisotopic (exact) mass is 259 g/mol. The minimum Gasteiger partial charge on any atom is -0.397 e. The first-order valence-electron chi connectivity index (χ1n) is 7.12. The summed E-state index contributed by atoms with van der Waals surface area (Å²) in [5.74, 6) is 0.237. The lowest BCUT2D eigenvalue weighted by molar-refractivity contribution is -0.130. The van der Waals surface area contributed by atoms with Crippen LogP contribution in [0, 0.1) is 0 Å². The van der Waals surface area contributed by atoms with Crippen molar-refractivity contribution in [1.29, 1.82) is 0 Å². The van der Waals surface area contributed by atoms with Crippen LogP contribution >= 0.6 is 0 Å². The number of hydrogen-bond donors (Lipinski definition) is 1. The van der Waals surface area contributed by atoms with Crippen LogP contribution in [-0.4, -0.2) is 36.5 Å². The topological polar surface area (TPSA) is 49.6 Å². The Bertz CT molecular complexity index is 496.